The van der Waals surface area contributed by atoms with Crippen LogP contribution in [0.4, 0.5) is 0 Å². The van der Waals surface area contributed by atoms with Crippen LogP contribution in [-0.2, 0) is 0 Å². The summed E-state index contributed by atoms with van der Waals surface area (Å²) >= 11 is 0. The second-order valence-corrected chi connectivity index (χ2v) is 16.4. The van der Waals surface area contributed by atoms with Gasteiger partial charge in [-0.25, -0.2) is 0 Å². The largest absolute Gasteiger partial charge is 0.391 e. The highest BCUT2D eigenvalue weighted by Gasteiger charge is 2.05. The van der Waals surface area contributed by atoms with E-state index in [1.54, 1.807) is 0 Å². The number of rotatable bonds is 12. The van der Waals surface area contributed by atoms with Crippen molar-refractivity contribution < 1.29 is 57.5 Å². The highest BCUT2D eigenvalue weighted by atomic mass is 16.3. The smallest absolute Gasteiger partial charge is 0.101 e. The molecule has 0 aliphatic rings. The first-order valence-electron chi connectivity index (χ1n) is 14.8. The van der Waals surface area contributed by atoms with E-state index in [0.29, 0.717) is 0 Å². The van der Waals surface area contributed by atoms with Crippen LogP contribution in [0.1, 0.15) is 0 Å². The van der Waals surface area contributed by atoms with Gasteiger partial charge in [-0.15, -0.1) is 0 Å². The van der Waals surface area contributed by atoms with E-state index in [4.69, 9.17) is 30.6 Å². The Morgan fingerprint density at radius 3 is 0.286 bits per heavy atom. The Kier molecular flexibility index (Phi) is 36.1. The van der Waals surface area contributed by atoms with Gasteiger partial charge in [0.25, 0.3) is 0 Å². The lowest BCUT2D eigenvalue weighted by Crippen LogP contribution is -2.36. The van der Waals surface area contributed by atoms with Crippen molar-refractivity contribution in [3.63, 3.8) is 0 Å². The Labute approximate surface area is 263 Å². The summed E-state index contributed by atoms with van der Waals surface area (Å²) in [6.07, 6.45) is 0. The molecule has 0 heterocycles. The van der Waals surface area contributed by atoms with E-state index < -0.39 is 0 Å². The van der Waals surface area contributed by atoms with Crippen LogP contribution in [0.3, 0.4) is 0 Å². The van der Waals surface area contributed by atoms with Gasteiger partial charge >= 0.3 is 0 Å². The van der Waals surface area contributed by atoms with E-state index in [9.17, 15) is 0 Å². The molecule has 0 unspecified atom stereocenters. The summed E-state index contributed by atoms with van der Waals surface area (Å²) in [6.45, 7) is 6.69. The second-order valence-electron chi connectivity index (χ2n) is 16.4. The van der Waals surface area contributed by atoms with Gasteiger partial charge in [0.15, 0.2) is 0 Å². The average Bonchev–Trinajstić information content (AvgIpc) is 2.64. The van der Waals surface area contributed by atoms with Gasteiger partial charge in [-0.2, -0.15) is 0 Å². The number of hydrogen-bond donors (Lipinski definition) is 6. The fourth-order valence-corrected chi connectivity index (χ4v) is 1.80. The molecule has 0 spiro atoms. The molecular weight excluding hydrogens is 540 g/mol. The number of nitrogens with zero attached hydrogens (tertiary/aromatic N) is 6. The van der Waals surface area contributed by atoms with Crippen LogP contribution in [0.2, 0.25) is 0 Å². The summed E-state index contributed by atoms with van der Waals surface area (Å²) < 4.78 is 5.06. The minimum Gasteiger partial charge on any atom is -0.391 e. The third-order valence-electron chi connectivity index (χ3n) is 4.62. The molecule has 0 radical (unpaired) electrons. The first-order chi connectivity index (χ1) is 18.4. The third-order valence-corrected chi connectivity index (χ3v) is 4.62. The topological polar surface area (TPSA) is 121 Å². The Balaban J connectivity index is -0.0000000926. The molecule has 12 nitrogen and oxygen atoms in total. The number of hydrogen-bond acceptors (Lipinski definition) is 6. The molecule has 0 rings (SSSR count). The Morgan fingerprint density at radius 1 is 0.214 bits per heavy atom. The van der Waals surface area contributed by atoms with E-state index in [-0.39, 0.29) is 39.6 Å². The molecule has 0 aromatic heterocycles. The van der Waals surface area contributed by atoms with Gasteiger partial charge in [0.1, 0.15) is 39.3 Å². The number of aliphatic hydroxyl groups is 6. The van der Waals surface area contributed by atoms with Crippen molar-refractivity contribution in [1.29, 1.82) is 0 Å². The summed E-state index contributed by atoms with van der Waals surface area (Å²) in [5, 5.41) is 50.3. The summed E-state index contributed by atoms with van der Waals surface area (Å²) in [4.78, 5) is 0. The normalized spacial score (nSPS) is 12.0. The summed E-state index contributed by atoms with van der Waals surface area (Å²) in [6, 6.07) is 0. The van der Waals surface area contributed by atoms with Crippen molar-refractivity contribution in [1.82, 2.24) is 0 Å². The van der Waals surface area contributed by atoms with E-state index >= 15 is 0 Å². The van der Waals surface area contributed by atoms with Crippen molar-refractivity contribution in [3.05, 3.63) is 0 Å². The van der Waals surface area contributed by atoms with Crippen LogP contribution < -0.4 is 0 Å². The van der Waals surface area contributed by atoms with Gasteiger partial charge in [0.2, 0.25) is 0 Å². The quantitative estimate of drug-likeness (QED) is 0.141. The predicted molar refractivity (Wildman–Crippen MR) is 180 cm³/mol. The molecule has 6 N–H and O–H groups in total. The van der Waals surface area contributed by atoms with Crippen LogP contribution in [-0.4, -0.2) is 263 Å². The van der Waals surface area contributed by atoms with Crippen LogP contribution in [0.5, 0.6) is 0 Å². The maximum Gasteiger partial charge on any atom is 0.101 e. The first kappa shape index (κ1) is 54.0. The van der Waals surface area contributed by atoms with E-state index in [2.05, 4.69) is 127 Å². The maximum atomic E-state index is 8.39. The fraction of sp³-hybridized carbons (Fsp3) is 1.00. The Morgan fingerprint density at radius 2 is 0.286 bits per heavy atom. The van der Waals surface area contributed by atoms with Crippen molar-refractivity contribution in [3.8, 4) is 0 Å². The summed E-state index contributed by atoms with van der Waals surface area (Å²) in [5.74, 6) is 0. The van der Waals surface area contributed by atoms with Gasteiger partial charge in [-0.3, -0.25) is 0 Å². The minimum absolute atomic E-state index is 0.281. The van der Waals surface area contributed by atoms with Gasteiger partial charge in [-0.1, -0.05) is 0 Å². The van der Waals surface area contributed by atoms with Crippen LogP contribution in [0, 0.1) is 0 Å². The zero-order valence-electron chi connectivity index (χ0n) is 31.9. The van der Waals surface area contributed by atoms with Crippen LogP contribution >= 0.6 is 0 Å². The lowest BCUT2D eigenvalue weighted by atomic mass is 10.5. The lowest BCUT2D eigenvalue weighted by molar-refractivity contribution is -0.870. The van der Waals surface area contributed by atoms with E-state index in [1.807, 2.05) is 0 Å². The van der Waals surface area contributed by atoms with E-state index in [1.165, 1.54) is 0 Å². The monoisotopic (exact) mass is 625 g/mol. The summed E-state index contributed by atoms with van der Waals surface area (Å²) in [5.41, 5.74) is 0. The molecule has 0 saturated heterocycles. The minimum atomic E-state index is 0.281. The maximum absolute atomic E-state index is 8.39. The molecule has 0 aliphatic carbocycles. The van der Waals surface area contributed by atoms with Crippen LogP contribution in [0.25, 0.3) is 0 Å². The van der Waals surface area contributed by atoms with Crippen molar-refractivity contribution in [2.75, 3.05) is 206 Å². The predicted octanol–water partition coefficient (Wildman–Crippen LogP) is -1.89. The molecule has 0 atom stereocenters. The molecular formula is C30H84N6O6+6. The molecule has 264 valence electrons. The Hall–Kier alpha value is -0.480. The third kappa shape index (κ3) is 106. The van der Waals surface area contributed by atoms with Gasteiger partial charge in [-0.05, 0) is 0 Å². The highest BCUT2D eigenvalue weighted by molar-refractivity contribution is 4.22. The lowest BCUT2D eigenvalue weighted by Gasteiger charge is -2.21. The molecule has 0 amide bonds. The second kappa shape index (κ2) is 28.0. The zero-order chi connectivity index (χ0) is 35.5. The molecule has 0 aromatic rings. The number of aliphatic hydroxyl groups excluding tert-OH is 6. The molecule has 42 heavy (non-hydrogen) atoms. The molecule has 0 aromatic carbocycles. The van der Waals surface area contributed by atoms with Gasteiger partial charge in [0.05, 0.1) is 166 Å². The SMILES string of the molecule is C[N+](C)(C)CCO.C[N+](C)(C)CCO.C[N+](C)(C)CCO.C[N+](C)(C)CCO.C[N+](C)(C)CCO.C[N+](C)(C)CCO. The average molecular weight is 625 g/mol. The molecule has 12 heteroatoms. The van der Waals surface area contributed by atoms with Gasteiger partial charge < -0.3 is 57.5 Å². The van der Waals surface area contributed by atoms with Crippen LogP contribution in [0.15, 0.2) is 0 Å². The van der Waals surface area contributed by atoms with Gasteiger partial charge in [0, 0.05) is 0 Å². The standard InChI is InChI=1S/6C5H14NO/c6*1-6(2,3)4-5-7/h6*7H,4-5H2,1-3H3/q6*+1. The summed E-state index contributed by atoms with van der Waals surface area (Å²) in [7, 11) is 36.9. The van der Waals surface area contributed by atoms with Crippen molar-refractivity contribution >= 4 is 0 Å². The van der Waals surface area contributed by atoms with Crippen molar-refractivity contribution in [2.24, 2.45) is 0 Å². The zero-order valence-corrected chi connectivity index (χ0v) is 31.9. The van der Waals surface area contributed by atoms with E-state index in [0.717, 1.165) is 66.2 Å². The fourth-order valence-electron chi connectivity index (χ4n) is 1.80. The Bertz CT molecular complexity index is 403. The number of quaternary nitrogens is 6. The molecule has 0 saturated carbocycles. The molecule has 0 bridgehead atoms. The number of likely N-dealkylation sites (N-methyl/N-ethyl adjacent to an activating group) is 6. The molecule has 0 fully saturated rings. The van der Waals surface area contributed by atoms with Crippen molar-refractivity contribution in [2.45, 2.75) is 0 Å². The molecule has 0 aliphatic heterocycles. The highest BCUT2D eigenvalue weighted by Crippen LogP contribution is 1.87. The first-order valence-corrected chi connectivity index (χ1v) is 14.8.